The van der Waals surface area contributed by atoms with Gasteiger partial charge in [0, 0.05) is 45.9 Å². The maximum atomic E-state index is 5.33. The second kappa shape index (κ2) is 10.2. The van der Waals surface area contributed by atoms with Crippen LogP contribution < -0.4 is 10.6 Å². The molecule has 0 amide bonds. The van der Waals surface area contributed by atoms with E-state index in [0.717, 1.165) is 57.8 Å². The summed E-state index contributed by atoms with van der Waals surface area (Å²) in [5, 5.41) is 6.94. The average Bonchev–Trinajstić information content (AvgIpc) is 3.33. The second-order valence-corrected chi connectivity index (χ2v) is 7.43. The molecule has 0 bridgehead atoms. The average molecular weight is 339 g/mol. The van der Waals surface area contributed by atoms with Crippen LogP contribution in [0.1, 0.15) is 58.8 Å². The minimum absolute atomic E-state index is 0.363. The third kappa shape index (κ3) is 6.25. The Morgan fingerprint density at radius 2 is 1.96 bits per heavy atom. The van der Waals surface area contributed by atoms with Crippen molar-refractivity contribution in [1.29, 1.82) is 0 Å². The van der Waals surface area contributed by atoms with Crippen molar-refractivity contribution < 1.29 is 4.74 Å². The highest BCUT2D eigenvalue weighted by molar-refractivity contribution is 5.79. The highest BCUT2D eigenvalue weighted by Crippen LogP contribution is 2.41. The fourth-order valence-corrected chi connectivity index (χ4v) is 3.88. The number of nitrogens with one attached hydrogen (secondary N) is 2. The SMILES string of the molecule is CCNC(=NCC1(CCOC)CCCC1)NCCN(CC)C1CC1. The Labute approximate surface area is 148 Å². The number of likely N-dealkylation sites (N-methyl/N-ethyl adjacent to an activating group) is 1. The number of ether oxygens (including phenoxy) is 1. The first-order valence-electron chi connectivity index (χ1n) is 9.98. The van der Waals surface area contributed by atoms with Gasteiger partial charge in [0.2, 0.25) is 0 Å². The molecule has 2 aliphatic carbocycles. The topological polar surface area (TPSA) is 48.9 Å². The van der Waals surface area contributed by atoms with Gasteiger partial charge in [-0.25, -0.2) is 0 Å². The quantitative estimate of drug-likeness (QED) is 0.449. The smallest absolute Gasteiger partial charge is 0.191 e. The maximum absolute atomic E-state index is 5.33. The molecule has 0 saturated heterocycles. The molecular formula is C19H38N4O. The molecule has 140 valence electrons. The van der Waals surface area contributed by atoms with Crippen LogP contribution in [0.15, 0.2) is 4.99 Å². The van der Waals surface area contributed by atoms with Crippen LogP contribution in [0.2, 0.25) is 0 Å². The number of methoxy groups -OCH3 is 1. The van der Waals surface area contributed by atoms with Crippen molar-refractivity contribution in [2.45, 2.75) is 64.8 Å². The first kappa shape index (κ1) is 19.5. The van der Waals surface area contributed by atoms with E-state index in [4.69, 9.17) is 9.73 Å². The normalized spacial score (nSPS) is 20.6. The standard InChI is InChI=1S/C19H38N4O/c1-4-20-18(21-13-14-23(5-2)17-8-9-17)22-16-19(12-15-24-3)10-6-7-11-19/h17H,4-16H2,1-3H3,(H2,20,21,22). The lowest BCUT2D eigenvalue weighted by atomic mass is 9.83. The molecule has 5 nitrogen and oxygen atoms in total. The molecule has 2 N–H and O–H groups in total. The van der Waals surface area contributed by atoms with E-state index in [9.17, 15) is 0 Å². The van der Waals surface area contributed by atoms with E-state index in [-0.39, 0.29) is 0 Å². The van der Waals surface area contributed by atoms with E-state index in [1.54, 1.807) is 7.11 Å². The predicted octanol–water partition coefficient (Wildman–Crippen LogP) is 2.62. The van der Waals surface area contributed by atoms with Gasteiger partial charge >= 0.3 is 0 Å². The monoisotopic (exact) mass is 338 g/mol. The molecule has 2 aliphatic rings. The Bertz CT molecular complexity index is 376. The Balaban J connectivity index is 1.81. The molecule has 0 aromatic carbocycles. The van der Waals surface area contributed by atoms with Gasteiger partial charge in [0.15, 0.2) is 5.96 Å². The van der Waals surface area contributed by atoms with Gasteiger partial charge < -0.3 is 15.4 Å². The lowest BCUT2D eigenvalue weighted by molar-refractivity contribution is 0.141. The molecule has 0 aliphatic heterocycles. The Morgan fingerprint density at radius 1 is 1.21 bits per heavy atom. The summed E-state index contributed by atoms with van der Waals surface area (Å²) in [5.74, 6) is 0.980. The van der Waals surface area contributed by atoms with Gasteiger partial charge in [0.1, 0.15) is 0 Å². The van der Waals surface area contributed by atoms with Gasteiger partial charge in [-0.15, -0.1) is 0 Å². The molecule has 0 aromatic rings. The van der Waals surface area contributed by atoms with Crippen LogP contribution in [0.25, 0.3) is 0 Å². The minimum Gasteiger partial charge on any atom is -0.385 e. The number of rotatable bonds is 11. The van der Waals surface area contributed by atoms with Gasteiger partial charge in [0.05, 0.1) is 0 Å². The molecule has 0 heterocycles. The molecule has 24 heavy (non-hydrogen) atoms. The van der Waals surface area contributed by atoms with Crippen LogP contribution in [-0.2, 0) is 4.74 Å². The summed E-state index contributed by atoms with van der Waals surface area (Å²) in [6.07, 6.45) is 9.17. The second-order valence-electron chi connectivity index (χ2n) is 7.43. The van der Waals surface area contributed by atoms with Crippen LogP contribution in [0.4, 0.5) is 0 Å². The van der Waals surface area contributed by atoms with Crippen molar-refractivity contribution in [3.8, 4) is 0 Å². The van der Waals surface area contributed by atoms with E-state index in [1.165, 1.54) is 38.5 Å². The van der Waals surface area contributed by atoms with E-state index >= 15 is 0 Å². The fraction of sp³-hybridized carbons (Fsp3) is 0.947. The molecule has 5 heteroatoms. The summed E-state index contributed by atoms with van der Waals surface area (Å²) in [5.41, 5.74) is 0.363. The van der Waals surface area contributed by atoms with Gasteiger partial charge in [0.25, 0.3) is 0 Å². The number of aliphatic imine (C=N–C) groups is 1. The first-order valence-corrected chi connectivity index (χ1v) is 9.98. The summed E-state index contributed by atoms with van der Waals surface area (Å²) in [6.45, 7) is 10.3. The van der Waals surface area contributed by atoms with Gasteiger partial charge in [-0.3, -0.25) is 9.89 Å². The zero-order valence-electron chi connectivity index (χ0n) is 16.1. The number of hydrogen-bond donors (Lipinski definition) is 2. The number of hydrogen-bond acceptors (Lipinski definition) is 3. The molecule has 0 atom stereocenters. The molecular weight excluding hydrogens is 300 g/mol. The van der Waals surface area contributed by atoms with E-state index in [2.05, 4.69) is 29.4 Å². The molecule has 0 aromatic heterocycles. The summed E-state index contributed by atoms with van der Waals surface area (Å²) in [7, 11) is 1.80. The Morgan fingerprint density at radius 3 is 2.54 bits per heavy atom. The van der Waals surface area contributed by atoms with Crippen molar-refractivity contribution in [2.75, 3.05) is 46.4 Å². The molecule has 0 unspecified atom stereocenters. The third-order valence-electron chi connectivity index (χ3n) is 5.58. The van der Waals surface area contributed by atoms with Crippen LogP contribution in [-0.4, -0.2) is 63.3 Å². The van der Waals surface area contributed by atoms with Crippen LogP contribution in [0.3, 0.4) is 0 Å². The van der Waals surface area contributed by atoms with Gasteiger partial charge in [-0.05, 0) is 51.0 Å². The highest BCUT2D eigenvalue weighted by atomic mass is 16.5. The van der Waals surface area contributed by atoms with Crippen LogP contribution in [0, 0.1) is 5.41 Å². The highest BCUT2D eigenvalue weighted by Gasteiger charge is 2.33. The predicted molar refractivity (Wildman–Crippen MR) is 102 cm³/mol. The Hall–Kier alpha value is -0.810. The maximum Gasteiger partial charge on any atom is 0.191 e. The van der Waals surface area contributed by atoms with Crippen molar-refractivity contribution in [3.63, 3.8) is 0 Å². The fourth-order valence-electron chi connectivity index (χ4n) is 3.88. The molecule has 2 fully saturated rings. The summed E-state index contributed by atoms with van der Waals surface area (Å²) in [6, 6.07) is 0.840. The Kier molecular flexibility index (Phi) is 8.33. The molecule has 2 saturated carbocycles. The number of guanidine groups is 1. The number of nitrogens with zero attached hydrogens (tertiary/aromatic N) is 2. The van der Waals surface area contributed by atoms with Crippen LogP contribution in [0.5, 0.6) is 0 Å². The van der Waals surface area contributed by atoms with Gasteiger partial charge in [-0.1, -0.05) is 19.8 Å². The van der Waals surface area contributed by atoms with Crippen molar-refractivity contribution in [2.24, 2.45) is 10.4 Å². The largest absolute Gasteiger partial charge is 0.385 e. The zero-order chi connectivity index (χ0) is 17.3. The summed E-state index contributed by atoms with van der Waals surface area (Å²) in [4.78, 5) is 7.50. The van der Waals surface area contributed by atoms with Crippen molar-refractivity contribution in [3.05, 3.63) is 0 Å². The molecule has 0 radical (unpaired) electrons. The lowest BCUT2D eigenvalue weighted by Gasteiger charge is -2.27. The molecule has 0 spiro atoms. The minimum atomic E-state index is 0.363. The zero-order valence-corrected chi connectivity index (χ0v) is 16.1. The lowest BCUT2D eigenvalue weighted by Crippen LogP contribution is -2.42. The summed E-state index contributed by atoms with van der Waals surface area (Å²) >= 11 is 0. The third-order valence-corrected chi connectivity index (χ3v) is 5.58. The van der Waals surface area contributed by atoms with Gasteiger partial charge in [-0.2, -0.15) is 0 Å². The van der Waals surface area contributed by atoms with Crippen molar-refractivity contribution in [1.82, 2.24) is 15.5 Å². The van der Waals surface area contributed by atoms with Crippen LogP contribution >= 0.6 is 0 Å². The molecule has 2 rings (SSSR count). The van der Waals surface area contributed by atoms with E-state index in [0.29, 0.717) is 5.41 Å². The van der Waals surface area contributed by atoms with E-state index < -0.39 is 0 Å². The van der Waals surface area contributed by atoms with E-state index in [1.807, 2.05) is 0 Å². The van der Waals surface area contributed by atoms with Crippen molar-refractivity contribution >= 4 is 5.96 Å². The first-order chi connectivity index (χ1) is 11.7. The summed E-state index contributed by atoms with van der Waals surface area (Å²) < 4.78 is 5.33.